The van der Waals surface area contributed by atoms with Gasteiger partial charge in [0.15, 0.2) is 5.58 Å². The highest BCUT2D eigenvalue weighted by Crippen LogP contribution is 2.31. The van der Waals surface area contributed by atoms with Gasteiger partial charge in [0.2, 0.25) is 11.8 Å². The number of nitro groups is 1. The summed E-state index contributed by atoms with van der Waals surface area (Å²) in [6.45, 7) is 0. The Balaban J connectivity index is 1.37. The Hall–Kier alpha value is -4.78. The topological polar surface area (TPSA) is 98.3 Å². The SMILES string of the molecule is O=C(/C=C/c1cccc([N+](=O)[O-])c1)Nc1ccc2oc(-c3cccc4ccccc34)nc2c1. The molecule has 0 atom stereocenters. The van der Waals surface area contributed by atoms with Crippen molar-refractivity contribution < 1.29 is 14.1 Å². The lowest BCUT2D eigenvalue weighted by Crippen LogP contribution is -2.07. The second kappa shape index (κ2) is 8.39. The number of anilines is 1. The fraction of sp³-hybridized carbons (Fsp3) is 0. The van der Waals surface area contributed by atoms with Gasteiger partial charge in [-0.05, 0) is 46.7 Å². The maximum Gasteiger partial charge on any atom is 0.270 e. The number of amides is 1. The van der Waals surface area contributed by atoms with Crippen LogP contribution >= 0.6 is 0 Å². The lowest BCUT2D eigenvalue weighted by Gasteiger charge is -2.01. The number of hydrogen-bond acceptors (Lipinski definition) is 5. The number of aromatic nitrogens is 1. The van der Waals surface area contributed by atoms with Crippen LogP contribution in [0.1, 0.15) is 5.56 Å². The van der Waals surface area contributed by atoms with Gasteiger partial charge in [-0.3, -0.25) is 14.9 Å². The lowest BCUT2D eigenvalue weighted by molar-refractivity contribution is -0.384. The third-order valence-electron chi connectivity index (χ3n) is 5.18. The molecule has 1 heterocycles. The number of nitrogens with one attached hydrogen (secondary N) is 1. The van der Waals surface area contributed by atoms with E-state index >= 15 is 0 Å². The van der Waals surface area contributed by atoms with E-state index in [-0.39, 0.29) is 11.6 Å². The number of fused-ring (bicyclic) bond motifs is 2. The highest BCUT2D eigenvalue weighted by Gasteiger charge is 2.12. The minimum Gasteiger partial charge on any atom is -0.436 e. The molecule has 0 fully saturated rings. The van der Waals surface area contributed by atoms with Crippen molar-refractivity contribution in [2.75, 3.05) is 5.32 Å². The fourth-order valence-corrected chi connectivity index (χ4v) is 3.63. The van der Waals surface area contributed by atoms with E-state index in [0.29, 0.717) is 28.2 Å². The van der Waals surface area contributed by atoms with Gasteiger partial charge in [-0.2, -0.15) is 0 Å². The minimum absolute atomic E-state index is 0.0314. The molecule has 0 unspecified atom stereocenters. The van der Waals surface area contributed by atoms with Crippen molar-refractivity contribution in [3.63, 3.8) is 0 Å². The molecule has 0 aliphatic heterocycles. The summed E-state index contributed by atoms with van der Waals surface area (Å²) in [5.74, 6) is 0.148. The molecule has 1 N–H and O–H groups in total. The summed E-state index contributed by atoms with van der Waals surface area (Å²) in [6.07, 6.45) is 2.85. The maximum atomic E-state index is 12.3. The van der Waals surface area contributed by atoms with Gasteiger partial charge in [-0.15, -0.1) is 0 Å². The first-order valence-electron chi connectivity index (χ1n) is 10.2. The van der Waals surface area contributed by atoms with E-state index in [9.17, 15) is 14.9 Å². The molecular formula is C26H17N3O4. The zero-order chi connectivity index (χ0) is 22.8. The first kappa shape index (κ1) is 20.1. The smallest absolute Gasteiger partial charge is 0.270 e. The van der Waals surface area contributed by atoms with Gasteiger partial charge in [-0.25, -0.2) is 4.98 Å². The Kier molecular flexibility index (Phi) is 5.12. The number of nitrogens with zero attached hydrogens (tertiary/aromatic N) is 2. The zero-order valence-corrected chi connectivity index (χ0v) is 17.3. The van der Waals surface area contributed by atoms with Crippen molar-refractivity contribution in [3.8, 4) is 11.5 Å². The molecule has 1 amide bonds. The molecule has 0 radical (unpaired) electrons. The third kappa shape index (κ3) is 4.20. The van der Waals surface area contributed by atoms with Crippen LogP contribution in [0.3, 0.4) is 0 Å². The van der Waals surface area contributed by atoms with Gasteiger partial charge in [0.25, 0.3) is 5.69 Å². The van der Waals surface area contributed by atoms with E-state index in [1.165, 1.54) is 24.3 Å². The molecule has 0 saturated carbocycles. The minimum atomic E-state index is -0.475. The molecule has 1 aromatic heterocycles. The Morgan fingerprint density at radius 2 is 1.79 bits per heavy atom. The quantitative estimate of drug-likeness (QED) is 0.201. The van der Waals surface area contributed by atoms with E-state index in [0.717, 1.165) is 16.3 Å². The van der Waals surface area contributed by atoms with Crippen LogP contribution in [0.25, 0.3) is 39.4 Å². The molecule has 7 nitrogen and oxygen atoms in total. The zero-order valence-electron chi connectivity index (χ0n) is 17.3. The predicted molar refractivity (Wildman–Crippen MR) is 128 cm³/mol. The van der Waals surface area contributed by atoms with Crippen molar-refractivity contribution in [2.45, 2.75) is 0 Å². The number of benzene rings is 4. The highest BCUT2D eigenvalue weighted by molar-refractivity contribution is 6.03. The van der Waals surface area contributed by atoms with Gasteiger partial charge >= 0.3 is 0 Å². The van der Waals surface area contributed by atoms with Crippen LogP contribution in [-0.4, -0.2) is 15.8 Å². The number of hydrogen-bond donors (Lipinski definition) is 1. The van der Waals surface area contributed by atoms with E-state index in [2.05, 4.69) is 10.3 Å². The molecule has 0 aliphatic carbocycles. The number of oxazole rings is 1. The second-order valence-corrected chi connectivity index (χ2v) is 7.40. The summed E-state index contributed by atoms with van der Waals surface area (Å²) in [7, 11) is 0. The molecule has 0 spiro atoms. The number of rotatable bonds is 5. The van der Waals surface area contributed by atoms with Crippen LogP contribution in [0, 0.1) is 10.1 Å². The molecular weight excluding hydrogens is 418 g/mol. The van der Waals surface area contributed by atoms with Crippen LogP contribution in [0.2, 0.25) is 0 Å². The summed E-state index contributed by atoms with van der Waals surface area (Å²) in [5, 5.41) is 15.8. The second-order valence-electron chi connectivity index (χ2n) is 7.40. The standard InChI is InChI=1S/C26H17N3O4/c30-25(14-11-17-5-3-8-20(15-17)29(31)32)27-19-12-13-24-23(16-19)28-26(33-24)22-10-4-7-18-6-1-2-9-21(18)22/h1-16H,(H,27,30)/b14-11+. The summed E-state index contributed by atoms with van der Waals surface area (Å²) in [5.41, 5.74) is 3.23. The molecule has 33 heavy (non-hydrogen) atoms. The Bertz CT molecular complexity index is 1550. The molecule has 7 heteroatoms. The van der Waals surface area contributed by atoms with E-state index in [1.54, 1.807) is 30.3 Å². The lowest BCUT2D eigenvalue weighted by atomic mass is 10.0. The predicted octanol–water partition coefficient (Wildman–Crippen LogP) is 6.21. The van der Waals surface area contributed by atoms with Gasteiger partial charge in [0.05, 0.1) is 4.92 Å². The molecule has 0 bridgehead atoms. The van der Waals surface area contributed by atoms with Crippen molar-refractivity contribution >= 4 is 45.2 Å². The summed E-state index contributed by atoms with van der Waals surface area (Å²) >= 11 is 0. The van der Waals surface area contributed by atoms with Crippen molar-refractivity contribution in [1.29, 1.82) is 0 Å². The van der Waals surface area contributed by atoms with Crippen molar-refractivity contribution in [1.82, 2.24) is 4.98 Å². The van der Waals surface area contributed by atoms with Crippen LogP contribution in [0.4, 0.5) is 11.4 Å². The number of nitro benzene ring substituents is 1. The van der Waals surface area contributed by atoms with Crippen molar-refractivity contribution in [3.05, 3.63) is 107 Å². The average Bonchev–Trinajstić information content (AvgIpc) is 3.26. The molecule has 4 aromatic carbocycles. The molecule has 0 saturated heterocycles. The fourth-order valence-electron chi connectivity index (χ4n) is 3.63. The number of carbonyl (C=O) groups is 1. The van der Waals surface area contributed by atoms with Crippen LogP contribution in [0.15, 0.2) is 95.4 Å². The summed E-state index contributed by atoms with van der Waals surface area (Å²) in [4.78, 5) is 27.4. The summed E-state index contributed by atoms with van der Waals surface area (Å²) < 4.78 is 5.97. The average molecular weight is 435 g/mol. The molecule has 5 aromatic rings. The number of non-ortho nitro benzene ring substituents is 1. The summed E-state index contributed by atoms with van der Waals surface area (Å²) in [6, 6.07) is 25.3. The van der Waals surface area contributed by atoms with Crippen LogP contribution in [-0.2, 0) is 4.79 Å². The third-order valence-corrected chi connectivity index (χ3v) is 5.18. The largest absolute Gasteiger partial charge is 0.436 e. The van der Waals surface area contributed by atoms with E-state index in [1.807, 2.05) is 42.5 Å². The normalized spacial score (nSPS) is 11.3. The molecule has 0 aliphatic rings. The van der Waals surface area contributed by atoms with E-state index < -0.39 is 4.92 Å². The first-order chi connectivity index (χ1) is 16.1. The maximum absolute atomic E-state index is 12.3. The Morgan fingerprint density at radius 1 is 0.970 bits per heavy atom. The van der Waals surface area contributed by atoms with Crippen molar-refractivity contribution in [2.24, 2.45) is 0 Å². The van der Waals surface area contributed by atoms with Gasteiger partial charge < -0.3 is 9.73 Å². The molecule has 5 rings (SSSR count). The molecule has 160 valence electrons. The van der Waals surface area contributed by atoms with Crippen LogP contribution < -0.4 is 5.32 Å². The van der Waals surface area contributed by atoms with Gasteiger partial charge in [0.1, 0.15) is 5.52 Å². The van der Waals surface area contributed by atoms with Gasteiger partial charge in [0, 0.05) is 29.5 Å². The van der Waals surface area contributed by atoms with Crippen LogP contribution in [0.5, 0.6) is 0 Å². The van der Waals surface area contributed by atoms with E-state index in [4.69, 9.17) is 4.42 Å². The Labute approximate surface area is 188 Å². The highest BCUT2D eigenvalue weighted by atomic mass is 16.6. The Morgan fingerprint density at radius 3 is 2.67 bits per heavy atom. The monoisotopic (exact) mass is 435 g/mol. The number of carbonyl (C=O) groups excluding carboxylic acids is 1. The first-order valence-corrected chi connectivity index (χ1v) is 10.2. The van der Waals surface area contributed by atoms with Gasteiger partial charge in [-0.1, -0.05) is 48.5 Å².